The zero-order valence-corrected chi connectivity index (χ0v) is 15.5. The van der Waals surface area contributed by atoms with Crippen LogP contribution in [0.25, 0.3) is 0 Å². The van der Waals surface area contributed by atoms with Gasteiger partial charge in [-0.1, -0.05) is 36.4 Å². The molecule has 0 amide bonds. The summed E-state index contributed by atoms with van der Waals surface area (Å²) in [7, 11) is 0. The van der Waals surface area contributed by atoms with Crippen LogP contribution >= 0.6 is 0 Å². The zero-order valence-electron chi connectivity index (χ0n) is 15.5. The predicted molar refractivity (Wildman–Crippen MR) is 106 cm³/mol. The predicted octanol–water partition coefficient (Wildman–Crippen LogP) is 4.81. The minimum atomic E-state index is -0.688. The number of hydrogen-bond acceptors (Lipinski definition) is 4. The Bertz CT molecular complexity index is 1090. The minimum absolute atomic E-state index is 0.0676. The Kier molecular flexibility index (Phi) is 3.97. The number of benzene rings is 3. The molecule has 1 atom stereocenters. The van der Waals surface area contributed by atoms with E-state index in [1.165, 1.54) is 17.9 Å². The fraction of sp³-hybridized carbons (Fsp3) is 0.167. The molecule has 5 rings (SSSR count). The Morgan fingerprint density at radius 1 is 1.00 bits per heavy atom. The summed E-state index contributed by atoms with van der Waals surface area (Å²) < 4.78 is 18.4. The van der Waals surface area contributed by atoms with E-state index in [2.05, 4.69) is 37.3 Å². The van der Waals surface area contributed by atoms with E-state index in [0.717, 1.165) is 28.0 Å². The molecule has 0 saturated carbocycles. The Hall–Kier alpha value is -3.08. The van der Waals surface area contributed by atoms with Crippen molar-refractivity contribution in [2.45, 2.75) is 19.1 Å². The van der Waals surface area contributed by atoms with Gasteiger partial charge in [0.05, 0.1) is 19.5 Å². The highest BCUT2D eigenvalue weighted by Crippen LogP contribution is 2.56. The van der Waals surface area contributed by atoms with E-state index in [4.69, 9.17) is 19.3 Å². The summed E-state index contributed by atoms with van der Waals surface area (Å²) in [5.41, 5.74) is 4.76. The monoisotopic (exact) mass is 372 g/mol. The molecule has 0 unspecified atom stereocenters. The number of hydrogen-bond donors (Lipinski definition) is 1. The van der Waals surface area contributed by atoms with Crippen molar-refractivity contribution in [2.24, 2.45) is 0 Å². The van der Waals surface area contributed by atoms with Crippen molar-refractivity contribution >= 4 is 0 Å². The first kappa shape index (κ1) is 17.0. The topological polar surface area (TPSA) is 47.9 Å². The van der Waals surface area contributed by atoms with E-state index in [0.29, 0.717) is 18.1 Å². The molecule has 0 bridgehead atoms. The molecule has 28 heavy (non-hydrogen) atoms. The van der Waals surface area contributed by atoms with Crippen molar-refractivity contribution in [3.63, 3.8) is 0 Å². The van der Waals surface area contributed by atoms with Crippen LogP contribution < -0.4 is 9.47 Å². The smallest absolute Gasteiger partial charge is 0.151 e. The lowest BCUT2D eigenvalue weighted by Crippen LogP contribution is -2.32. The maximum absolute atomic E-state index is 8.90. The third-order valence-electron chi connectivity index (χ3n) is 5.32. The van der Waals surface area contributed by atoms with Crippen LogP contribution in [0.15, 0.2) is 73.0 Å². The second-order valence-electron chi connectivity index (χ2n) is 7.06. The molecule has 2 aliphatic heterocycles. The largest absolute Gasteiger partial charge is 0.465 e. The molecule has 1 N–H and O–H groups in total. The van der Waals surface area contributed by atoms with Crippen molar-refractivity contribution in [3.8, 4) is 17.2 Å². The third-order valence-corrected chi connectivity index (χ3v) is 5.32. The first-order valence-electron chi connectivity index (χ1n) is 9.31. The van der Waals surface area contributed by atoms with Crippen molar-refractivity contribution in [3.05, 3.63) is 101 Å². The highest BCUT2D eigenvalue weighted by molar-refractivity contribution is 5.65. The normalized spacial score (nSPS) is 19.2. The summed E-state index contributed by atoms with van der Waals surface area (Å²) in [6, 6.07) is 20.4. The van der Waals surface area contributed by atoms with Gasteiger partial charge < -0.3 is 19.3 Å². The lowest BCUT2D eigenvalue weighted by molar-refractivity contribution is 0.0199. The van der Waals surface area contributed by atoms with Gasteiger partial charge in [-0.3, -0.25) is 0 Å². The molecule has 4 nitrogen and oxygen atoms in total. The lowest BCUT2D eigenvalue weighted by atomic mass is 9.77. The number of aliphatic hydroxyl groups is 1. The van der Waals surface area contributed by atoms with Gasteiger partial charge in [-0.25, -0.2) is 0 Å². The van der Waals surface area contributed by atoms with Gasteiger partial charge in [0, 0.05) is 17.2 Å². The SMILES string of the molecule is Cc1ccc2c(c1)Oc1cc(O/C=C/CO)ccc1[C@@]21OCc2ccccc21. The van der Waals surface area contributed by atoms with Gasteiger partial charge in [-0.2, -0.15) is 0 Å². The molecule has 1 spiro atoms. The van der Waals surface area contributed by atoms with Crippen molar-refractivity contribution in [1.82, 2.24) is 0 Å². The number of aryl methyl sites for hydroxylation is 1. The minimum Gasteiger partial charge on any atom is -0.465 e. The average molecular weight is 372 g/mol. The number of ether oxygens (including phenoxy) is 3. The van der Waals surface area contributed by atoms with Crippen molar-refractivity contribution in [1.29, 1.82) is 0 Å². The number of aliphatic hydroxyl groups excluding tert-OH is 1. The lowest BCUT2D eigenvalue weighted by Gasteiger charge is -2.37. The van der Waals surface area contributed by atoms with Crippen molar-refractivity contribution < 1.29 is 19.3 Å². The quantitative estimate of drug-likeness (QED) is 0.671. The van der Waals surface area contributed by atoms with E-state index >= 15 is 0 Å². The maximum Gasteiger partial charge on any atom is 0.151 e. The number of rotatable bonds is 3. The Morgan fingerprint density at radius 2 is 1.79 bits per heavy atom. The third kappa shape index (κ3) is 2.46. The van der Waals surface area contributed by atoms with E-state index < -0.39 is 5.60 Å². The van der Waals surface area contributed by atoms with E-state index in [1.807, 2.05) is 30.3 Å². The van der Waals surface area contributed by atoms with Crippen LogP contribution in [0.2, 0.25) is 0 Å². The molecule has 3 aromatic rings. The van der Waals surface area contributed by atoms with Crippen molar-refractivity contribution in [2.75, 3.05) is 6.61 Å². The fourth-order valence-electron chi connectivity index (χ4n) is 4.09. The van der Waals surface area contributed by atoms with Gasteiger partial charge >= 0.3 is 0 Å². The van der Waals surface area contributed by atoms with Gasteiger partial charge in [0.25, 0.3) is 0 Å². The molecule has 0 aromatic heterocycles. The summed E-state index contributed by atoms with van der Waals surface area (Å²) in [4.78, 5) is 0. The fourth-order valence-corrected chi connectivity index (χ4v) is 4.09. The second-order valence-corrected chi connectivity index (χ2v) is 7.06. The molecular formula is C24H20O4. The van der Waals surface area contributed by atoms with Crippen LogP contribution in [0.4, 0.5) is 0 Å². The molecule has 140 valence electrons. The highest BCUT2D eigenvalue weighted by atomic mass is 16.5. The summed E-state index contributed by atoms with van der Waals surface area (Å²) >= 11 is 0. The highest BCUT2D eigenvalue weighted by Gasteiger charge is 2.49. The van der Waals surface area contributed by atoms with Crippen LogP contribution in [0.3, 0.4) is 0 Å². The average Bonchev–Trinajstić information content (AvgIpc) is 3.08. The molecule has 0 radical (unpaired) electrons. The maximum atomic E-state index is 8.90. The van der Waals surface area contributed by atoms with Crippen LogP contribution in [0, 0.1) is 6.92 Å². The molecule has 2 heterocycles. The zero-order chi connectivity index (χ0) is 19.1. The molecule has 2 aliphatic rings. The Labute approximate surface area is 163 Å². The summed E-state index contributed by atoms with van der Waals surface area (Å²) in [6.45, 7) is 2.54. The first-order valence-corrected chi connectivity index (χ1v) is 9.31. The molecule has 0 fully saturated rings. The molecule has 3 aromatic carbocycles. The van der Waals surface area contributed by atoms with Gasteiger partial charge in [-0.15, -0.1) is 0 Å². The standard InChI is InChI=1S/C24H20O4/c1-16-7-9-20-22(13-16)28-23-14-18(26-12-4-11-25)8-10-21(23)24(20)19-6-3-2-5-17(19)15-27-24/h2-10,12-14,25H,11,15H2,1H3/b12-4+/t24-/m0/s1. The summed E-state index contributed by atoms with van der Waals surface area (Å²) in [5, 5.41) is 8.90. The first-order chi connectivity index (χ1) is 13.7. The van der Waals surface area contributed by atoms with Gasteiger partial charge in [0.1, 0.15) is 17.2 Å². The van der Waals surface area contributed by atoms with Crippen LogP contribution in [-0.2, 0) is 16.9 Å². The second kappa shape index (κ2) is 6.51. The summed E-state index contributed by atoms with van der Waals surface area (Å²) in [6.07, 6.45) is 3.01. The number of fused-ring (bicyclic) bond motifs is 6. The van der Waals surface area contributed by atoms with Gasteiger partial charge in [0.2, 0.25) is 0 Å². The van der Waals surface area contributed by atoms with E-state index in [1.54, 1.807) is 0 Å². The van der Waals surface area contributed by atoms with Crippen LogP contribution in [0.1, 0.15) is 27.8 Å². The Morgan fingerprint density at radius 3 is 2.64 bits per heavy atom. The molecule has 0 aliphatic carbocycles. The molecule has 0 saturated heterocycles. The van der Waals surface area contributed by atoms with Gasteiger partial charge in [0.15, 0.2) is 5.60 Å². The van der Waals surface area contributed by atoms with E-state index in [-0.39, 0.29) is 6.61 Å². The Balaban J connectivity index is 1.72. The van der Waals surface area contributed by atoms with Crippen LogP contribution in [-0.4, -0.2) is 11.7 Å². The summed E-state index contributed by atoms with van der Waals surface area (Å²) in [5.74, 6) is 2.15. The van der Waals surface area contributed by atoms with Gasteiger partial charge in [-0.05, 0) is 47.9 Å². The molecular weight excluding hydrogens is 352 g/mol. The van der Waals surface area contributed by atoms with E-state index in [9.17, 15) is 0 Å². The molecule has 4 heteroatoms. The van der Waals surface area contributed by atoms with Crippen LogP contribution in [0.5, 0.6) is 17.2 Å².